The summed E-state index contributed by atoms with van der Waals surface area (Å²) in [5, 5.41) is 9.06. The Bertz CT molecular complexity index is 625. The molecule has 110 valence electrons. The second-order valence-electron chi connectivity index (χ2n) is 4.96. The largest absolute Gasteiger partial charge is 0.480 e. The van der Waals surface area contributed by atoms with E-state index in [1.165, 1.54) is 6.07 Å². The number of sulfonamides is 1. The highest BCUT2D eigenvalue weighted by Crippen LogP contribution is 2.32. The number of nitrogens with zero attached hydrogens (tertiary/aromatic N) is 1. The fourth-order valence-electron chi connectivity index (χ4n) is 2.16. The summed E-state index contributed by atoms with van der Waals surface area (Å²) in [7, 11) is -3.88. The molecule has 0 radical (unpaired) electrons. The van der Waals surface area contributed by atoms with Gasteiger partial charge in [-0.25, -0.2) is 8.42 Å². The van der Waals surface area contributed by atoms with Gasteiger partial charge >= 0.3 is 5.97 Å². The van der Waals surface area contributed by atoms with Gasteiger partial charge in [-0.3, -0.25) is 4.79 Å². The summed E-state index contributed by atoms with van der Waals surface area (Å²) in [5.41, 5.74) is 0.849. The number of hydrogen-bond donors (Lipinski definition) is 1. The van der Waals surface area contributed by atoms with Crippen LogP contribution >= 0.6 is 11.6 Å². The molecule has 1 N–H and O–H groups in total. The molecule has 1 saturated carbocycles. The molecule has 1 aromatic carbocycles. The third-order valence-electron chi connectivity index (χ3n) is 3.45. The van der Waals surface area contributed by atoms with E-state index in [1.807, 2.05) is 6.92 Å². The normalized spacial score (nSPS) is 16.1. The van der Waals surface area contributed by atoms with Crippen molar-refractivity contribution in [1.29, 1.82) is 0 Å². The minimum atomic E-state index is -3.88. The van der Waals surface area contributed by atoms with Gasteiger partial charge < -0.3 is 5.11 Å². The summed E-state index contributed by atoms with van der Waals surface area (Å²) >= 11 is 6.01. The smallest absolute Gasteiger partial charge is 0.318 e. The number of aliphatic carboxylic acids is 1. The van der Waals surface area contributed by atoms with Gasteiger partial charge in [-0.15, -0.1) is 0 Å². The van der Waals surface area contributed by atoms with Gasteiger partial charge in [-0.1, -0.05) is 24.1 Å². The first-order valence-corrected chi connectivity index (χ1v) is 8.14. The molecule has 1 fully saturated rings. The molecular weight excluding hydrogens is 302 g/mol. The van der Waals surface area contributed by atoms with Gasteiger partial charge in [-0.05, 0) is 37.5 Å². The lowest BCUT2D eigenvalue weighted by Gasteiger charge is -2.35. The van der Waals surface area contributed by atoms with Crippen LogP contribution in [0.4, 0.5) is 0 Å². The van der Waals surface area contributed by atoms with Crippen molar-refractivity contribution >= 4 is 27.6 Å². The Morgan fingerprint density at radius 2 is 2.10 bits per heavy atom. The van der Waals surface area contributed by atoms with Crippen molar-refractivity contribution in [3.8, 4) is 0 Å². The number of carbonyl (C=O) groups is 1. The highest BCUT2D eigenvalue weighted by molar-refractivity contribution is 7.89. The van der Waals surface area contributed by atoms with E-state index < -0.39 is 22.5 Å². The molecule has 5 nitrogen and oxygen atoms in total. The van der Waals surface area contributed by atoms with E-state index >= 15 is 0 Å². The van der Waals surface area contributed by atoms with Crippen LogP contribution in [0.3, 0.4) is 0 Å². The standard InChI is InChI=1S/C13H16ClNO4S/c1-9-5-6-12(11(14)7-9)20(18,19)15(8-13(16)17)10-3-2-4-10/h5-7,10H,2-4,8H2,1H3,(H,16,17). The Hall–Kier alpha value is -1.11. The van der Waals surface area contributed by atoms with Crippen LogP contribution in [-0.4, -0.2) is 36.4 Å². The van der Waals surface area contributed by atoms with Crippen LogP contribution in [0.25, 0.3) is 0 Å². The Balaban J connectivity index is 2.41. The summed E-state index contributed by atoms with van der Waals surface area (Å²) in [6.07, 6.45) is 2.30. The predicted octanol–water partition coefficient (Wildman–Crippen LogP) is 2.28. The molecule has 7 heteroatoms. The highest BCUT2D eigenvalue weighted by atomic mass is 35.5. The van der Waals surface area contributed by atoms with E-state index in [4.69, 9.17) is 16.7 Å². The minimum absolute atomic E-state index is 0.0297. The van der Waals surface area contributed by atoms with Crippen LogP contribution in [0.1, 0.15) is 24.8 Å². The molecule has 0 spiro atoms. The van der Waals surface area contributed by atoms with Crippen molar-refractivity contribution in [2.24, 2.45) is 0 Å². The molecule has 0 bridgehead atoms. The monoisotopic (exact) mass is 317 g/mol. The van der Waals surface area contributed by atoms with Crippen LogP contribution in [0, 0.1) is 6.92 Å². The molecule has 0 aliphatic heterocycles. The van der Waals surface area contributed by atoms with Crippen LogP contribution in [0.15, 0.2) is 23.1 Å². The van der Waals surface area contributed by atoms with Crippen LogP contribution in [0.2, 0.25) is 5.02 Å². The quantitative estimate of drug-likeness (QED) is 0.904. The number of benzene rings is 1. The second-order valence-corrected chi connectivity index (χ2v) is 7.23. The van der Waals surface area contributed by atoms with Gasteiger partial charge in [-0.2, -0.15) is 4.31 Å². The molecule has 2 rings (SSSR count). The van der Waals surface area contributed by atoms with Crippen molar-refractivity contribution in [2.45, 2.75) is 37.1 Å². The minimum Gasteiger partial charge on any atom is -0.480 e. The zero-order valence-corrected chi connectivity index (χ0v) is 12.6. The fraction of sp³-hybridized carbons (Fsp3) is 0.462. The number of aryl methyl sites for hydroxylation is 1. The number of carboxylic acids is 1. The van der Waals surface area contributed by atoms with Crippen molar-refractivity contribution in [2.75, 3.05) is 6.54 Å². The van der Waals surface area contributed by atoms with Gasteiger partial charge in [0.25, 0.3) is 0 Å². The number of carboxylic acid groups (broad SMARTS) is 1. The highest BCUT2D eigenvalue weighted by Gasteiger charge is 2.37. The molecule has 1 aromatic rings. The molecule has 0 heterocycles. The Morgan fingerprint density at radius 1 is 1.45 bits per heavy atom. The zero-order chi connectivity index (χ0) is 14.9. The van der Waals surface area contributed by atoms with Crippen molar-refractivity contribution in [3.63, 3.8) is 0 Å². The Morgan fingerprint density at radius 3 is 2.55 bits per heavy atom. The lowest BCUT2D eigenvalue weighted by Crippen LogP contribution is -2.46. The summed E-state index contributed by atoms with van der Waals surface area (Å²) in [4.78, 5) is 10.9. The number of hydrogen-bond acceptors (Lipinski definition) is 3. The number of rotatable bonds is 5. The van der Waals surface area contributed by atoms with E-state index in [2.05, 4.69) is 0 Å². The molecule has 1 aliphatic rings. The lowest BCUT2D eigenvalue weighted by atomic mass is 9.93. The van der Waals surface area contributed by atoms with Gasteiger partial charge in [0, 0.05) is 6.04 Å². The van der Waals surface area contributed by atoms with Gasteiger partial charge in [0.15, 0.2) is 0 Å². The molecule has 0 unspecified atom stereocenters. The molecular formula is C13H16ClNO4S. The van der Waals surface area contributed by atoms with Gasteiger partial charge in [0.1, 0.15) is 11.4 Å². The Labute approximate surface area is 123 Å². The molecule has 20 heavy (non-hydrogen) atoms. The predicted molar refractivity (Wildman–Crippen MR) is 75.4 cm³/mol. The SMILES string of the molecule is Cc1ccc(S(=O)(=O)N(CC(=O)O)C2CCC2)c(Cl)c1. The Kier molecular flexibility index (Phi) is 4.36. The van der Waals surface area contributed by atoms with E-state index in [0.29, 0.717) is 12.8 Å². The first kappa shape index (κ1) is 15.3. The first-order valence-electron chi connectivity index (χ1n) is 6.32. The zero-order valence-electron chi connectivity index (χ0n) is 11.0. The first-order chi connectivity index (χ1) is 9.32. The average Bonchev–Trinajstić information content (AvgIpc) is 2.24. The molecule has 0 amide bonds. The summed E-state index contributed by atoms with van der Waals surface area (Å²) in [5.74, 6) is -1.16. The summed E-state index contributed by atoms with van der Waals surface area (Å²) in [6, 6.07) is 4.40. The maximum Gasteiger partial charge on any atom is 0.318 e. The van der Waals surface area contributed by atoms with E-state index in [9.17, 15) is 13.2 Å². The maximum atomic E-state index is 12.6. The second kappa shape index (κ2) is 5.71. The van der Waals surface area contributed by atoms with Crippen molar-refractivity contribution in [1.82, 2.24) is 4.31 Å². The van der Waals surface area contributed by atoms with Crippen LogP contribution < -0.4 is 0 Å². The summed E-state index contributed by atoms with van der Waals surface area (Å²) < 4.78 is 26.3. The van der Waals surface area contributed by atoms with Gasteiger partial charge in [0.2, 0.25) is 10.0 Å². The molecule has 1 aliphatic carbocycles. The molecule has 0 saturated heterocycles. The van der Waals surface area contributed by atoms with Crippen molar-refractivity contribution < 1.29 is 18.3 Å². The topological polar surface area (TPSA) is 74.7 Å². The van der Waals surface area contributed by atoms with Crippen molar-refractivity contribution in [3.05, 3.63) is 28.8 Å². The van der Waals surface area contributed by atoms with Crippen LogP contribution in [-0.2, 0) is 14.8 Å². The number of halogens is 1. The fourth-order valence-corrected chi connectivity index (χ4v) is 4.37. The maximum absolute atomic E-state index is 12.6. The average molecular weight is 318 g/mol. The lowest BCUT2D eigenvalue weighted by molar-refractivity contribution is -0.137. The third-order valence-corrected chi connectivity index (χ3v) is 5.83. The van der Waals surface area contributed by atoms with Crippen LogP contribution in [0.5, 0.6) is 0 Å². The molecule has 0 aromatic heterocycles. The van der Waals surface area contributed by atoms with E-state index in [-0.39, 0.29) is 16.0 Å². The third kappa shape index (κ3) is 2.97. The van der Waals surface area contributed by atoms with Gasteiger partial charge in [0.05, 0.1) is 5.02 Å². The van der Waals surface area contributed by atoms with E-state index in [0.717, 1.165) is 16.3 Å². The van der Waals surface area contributed by atoms with E-state index in [1.54, 1.807) is 12.1 Å². The summed E-state index contributed by atoms with van der Waals surface area (Å²) in [6.45, 7) is 1.28. The molecule has 0 atom stereocenters.